The molecule has 0 saturated heterocycles. The van der Waals surface area contributed by atoms with E-state index in [2.05, 4.69) is 4.99 Å². The fourth-order valence-electron chi connectivity index (χ4n) is 2.34. The molecule has 2 rings (SSSR count). The molecule has 0 fully saturated rings. The van der Waals surface area contributed by atoms with E-state index in [0.29, 0.717) is 5.69 Å². The third-order valence-corrected chi connectivity index (χ3v) is 3.75. The minimum atomic E-state index is -0.618. The summed E-state index contributed by atoms with van der Waals surface area (Å²) < 4.78 is 5.94. The Morgan fingerprint density at radius 3 is 2.85 bits per heavy atom. The van der Waals surface area contributed by atoms with Crippen LogP contribution in [0.5, 0.6) is 5.88 Å². The largest absolute Gasteiger partial charge is 0.494 e. The van der Waals surface area contributed by atoms with E-state index in [4.69, 9.17) is 4.74 Å². The number of nitro groups is 1. The Morgan fingerprint density at radius 2 is 2.23 bits per heavy atom. The minimum absolute atomic E-state index is 0.0633. The summed E-state index contributed by atoms with van der Waals surface area (Å²) in [6, 6.07) is 7.48. The van der Waals surface area contributed by atoms with Gasteiger partial charge in [-0.1, -0.05) is 6.07 Å². The van der Waals surface area contributed by atoms with Gasteiger partial charge in [-0.15, -0.1) is 0 Å². The van der Waals surface area contributed by atoms with E-state index in [0.717, 1.165) is 4.57 Å². The molecule has 9 nitrogen and oxygen atoms in total. The molecule has 26 heavy (non-hydrogen) atoms. The molecular formula is C17H16N4O5. The Bertz CT molecular complexity index is 972. The summed E-state index contributed by atoms with van der Waals surface area (Å²) in [6.45, 7) is 1.76. The molecule has 134 valence electrons. The van der Waals surface area contributed by atoms with Crippen molar-refractivity contribution in [1.82, 2.24) is 4.57 Å². The molecule has 0 aliphatic rings. The van der Waals surface area contributed by atoms with Crippen LogP contribution in [0.1, 0.15) is 16.7 Å². The van der Waals surface area contributed by atoms with Crippen LogP contribution in [0.3, 0.4) is 0 Å². The van der Waals surface area contributed by atoms with Crippen molar-refractivity contribution in [2.45, 2.75) is 13.5 Å². The molecule has 0 aliphatic carbocycles. The molecule has 1 aromatic heterocycles. The molecule has 1 aromatic carbocycles. The van der Waals surface area contributed by atoms with Crippen molar-refractivity contribution in [3.63, 3.8) is 0 Å². The van der Waals surface area contributed by atoms with Crippen LogP contribution < -0.4 is 5.56 Å². The number of rotatable bonds is 6. The molecule has 0 aliphatic heterocycles. The zero-order chi connectivity index (χ0) is 19.3. The smallest absolute Gasteiger partial charge is 0.271 e. The minimum Gasteiger partial charge on any atom is -0.494 e. The van der Waals surface area contributed by atoms with Gasteiger partial charge in [-0.05, 0) is 18.6 Å². The number of hydrogen-bond acceptors (Lipinski definition) is 7. The van der Waals surface area contributed by atoms with Crippen molar-refractivity contribution in [2.75, 3.05) is 13.7 Å². The zero-order valence-corrected chi connectivity index (χ0v) is 14.2. The summed E-state index contributed by atoms with van der Waals surface area (Å²) in [4.78, 5) is 26.7. The average Bonchev–Trinajstić information content (AvgIpc) is 2.62. The van der Waals surface area contributed by atoms with Crippen LogP contribution in [0.15, 0.2) is 34.1 Å². The number of non-ortho nitro benzene ring substituents is 1. The van der Waals surface area contributed by atoms with Gasteiger partial charge in [0.05, 0.1) is 29.3 Å². The third kappa shape index (κ3) is 3.76. The van der Waals surface area contributed by atoms with Gasteiger partial charge in [-0.3, -0.25) is 24.5 Å². The van der Waals surface area contributed by atoms with Gasteiger partial charge in [0.2, 0.25) is 5.88 Å². The number of benzene rings is 1. The Morgan fingerprint density at radius 1 is 1.50 bits per heavy atom. The number of methoxy groups -OCH3 is 1. The predicted molar refractivity (Wildman–Crippen MR) is 94.0 cm³/mol. The normalized spacial score (nSPS) is 10.8. The number of aromatic nitrogens is 1. The molecule has 2 aromatic rings. The van der Waals surface area contributed by atoms with E-state index in [-0.39, 0.29) is 41.4 Å². The third-order valence-electron chi connectivity index (χ3n) is 3.75. The van der Waals surface area contributed by atoms with E-state index in [1.807, 2.05) is 6.07 Å². The van der Waals surface area contributed by atoms with E-state index >= 15 is 0 Å². The van der Waals surface area contributed by atoms with Crippen LogP contribution in [0, 0.1) is 28.4 Å². The fraction of sp³-hybridized carbons (Fsp3) is 0.235. The zero-order valence-electron chi connectivity index (χ0n) is 14.2. The Balaban J connectivity index is 2.55. The van der Waals surface area contributed by atoms with Crippen LogP contribution in [0.4, 0.5) is 11.4 Å². The van der Waals surface area contributed by atoms with Crippen molar-refractivity contribution < 1.29 is 14.8 Å². The molecule has 0 radical (unpaired) electrons. The predicted octanol–water partition coefficient (Wildman–Crippen LogP) is 2.04. The van der Waals surface area contributed by atoms with Gasteiger partial charge >= 0.3 is 0 Å². The summed E-state index contributed by atoms with van der Waals surface area (Å²) in [7, 11) is 1.45. The molecular weight excluding hydrogens is 340 g/mol. The quantitative estimate of drug-likeness (QED) is 0.479. The van der Waals surface area contributed by atoms with Crippen LogP contribution in [-0.2, 0) is 11.3 Å². The lowest BCUT2D eigenvalue weighted by Gasteiger charge is -2.13. The van der Waals surface area contributed by atoms with Crippen molar-refractivity contribution >= 4 is 17.6 Å². The highest BCUT2D eigenvalue weighted by molar-refractivity contribution is 5.87. The number of aliphatic imine (C=N–C) groups is 1. The number of nitrogens with zero attached hydrogens (tertiary/aromatic N) is 4. The highest BCUT2D eigenvalue weighted by Gasteiger charge is 2.17. The molecule has 0 spiro atoms. The second-order valence-electron chi connectivity index (χ2n) is 5.33. The van der Waals surface area contributed by atoms with Gasteiger partial charge in [0.1, 0.15) is 11.6 Å². The molecule has 0 amide bonds. The fourth-order valence-corrected chi connectivity index (χ4v) is 2.34. The second-order valence-corrected chi connectivity index (χ2v) is 5.33. The second kappa shape index (κ2) is 8.04. The number of nitriles is 1. The first-order valence-corrected chi connectivity index (χ1v) is 7.54. The van der Waals surface area contributed by atoms with Crippen LogP contribution in [0.25, 0.3) is 0 Å². The Hall–Kier alpha value is -3.51. The molecule has 1 heterocycles. The number of ether oxygens (including phenoxy) is 1. The van der Waals surface area contributed by atoms with Crippen LogP contribution in [-0.4, -0.2) is 34.5 Å². The van der Waals surface area contributed by atoms with Gasteiger partial charge in [0.15, 0.2) is 0 Å². The lowest BCUT2D eigenvalue weighted by atomic mass is 10.1. The topological polar surface area (TPSA) is 131 Å². The van der Waals surface area contributed by atoms with Crippen LogP contribution in [0.2, 0.25) is 0 Å². The molecule has 0 saturated carbocycles. The van der Waals surface area contributed by atoms with Gasteiger partial charge in [0.25, 0.3) is 11.2 Å². The van der Waals surface area contributed by atoms with Gasteiger partial charge < -0.3 is 9.84 Å². The maximum absolute atomic E-state index is 12.3. The highest BCUT2D eigenvalue weighted by Crippen LogP contribution is 2.23. The van der Waals surface area contributed by atoms with E-state index < -0.39 is 10.5 Å². The first-order chi connectivity index (χ1) is 12.4. The van der Waals surface area contributed by atoms with Crippen molar-refractivity contribution in [1.29, 1.82) is 5.26 Å². The molecule has 0 atom stereocenters. The first kappa shape index (κ1) is 18.8. The van der Waals surface area contributed by atoms with E-state index in [9.17, 15) is 25.3 Å². The number of aromatic hydroxyl groups is 1. The molecule has 1 N–H and O–H groups in total. The Kier molecular flexibility index (Phi) is 5.82. The lowest BCUT2D eigenvalue weighted by molar-refractivity contribution is -0.384. The summed E-state index contributed by atoms with van der Waals surface area (Å²) in [5.74, 6) is -0.349. The molecule has 0 bridgehead atoms. The average molecular weight is 356 g/mol. The maximum atomic E-state index is 12.3. The number of pyridine rings is 1. The number of nitro benzene ring substituents is 1. The van der Waals surface area contributed by atoms with Crippen molar-refractivity contribution in [2.24, 2.45) is 4.99 Å². The standard InChI is InChI=1S/C17H16N4O5/c1-11-14(9-18)16(22)20(6-7-26-2)17(23)15(11)10-19-12-4-3-5-13(8-12)21(24)25/h3-5,8,10,23H,6-7H2,1-2H3. The summed E-state index contributed by atoms with van der Waals surface area (Å²) in [5.41, 5.74) is -0.0948. The van der Waals surface area contributed by atoms with E-state index in [1.54, 1.807) is 6.07 Å². The number of hydrogen-bond donors (Lipinski definition) is 1. The van der Waals surface area contributed by atoms with Crippen LogP contribution >= 0.6 is 0 Å². The highest BCUT2D eigenvalue weighted by atomic mass is 16.6. The lowest BCUT2D eigenvalue weighted by Crippen LogP contribution is -2.26. The van der Waals surface area contributed by atoms with Gasteiger partial charge in [0, 0.05) is 25.5 Å². The first-order valence-electron chi connectivity index (χ1n) is 7.54. The molecule has 0 unspecified atom stereocenters. The summed E-state index contributed by atoms with van der Waals surface area (Å²) >= 11 is 0. The van der Waals surface area contributed by atoms with E-state index in [1.165, 1.54) is 38.4 Å². The SMILES string of the molecule is COCCn1c(O)c(C=Nc2cccc([N+](=O)[O-])c2)c(C)c(C#N)c1=O. The van der Waals surface area contributed by atoms with Crippen molar-refractivity contribution in [3.05, 3.63) is 61.4 Å². The summed E-state index contributed by atoms with van der Waals surface area (Å²) in [6.07, 6.45) is 1.27. The van der Waals surface area contributed by atoms with Gasteiger partial charge in [-0.2, -0.15) is 5.26 Å². The van der Waals surface area contributed by atoms with Crippen molar-refractivity contribution in [3.8, 4) is 11.9 Å². The monoisotopic (exact) mass is 356 g/mol. The summed E-state index contributed by atoms with van der Waals surface area (Å²) in [5, 5.41) is 30.5. The van der Waals surface area contributed by atoms with Gasteiger partial charge in [-0.25, -0.2) is 0 Å². The maximum Gasteiger partial charge on any atom is 0.271 e. The Labute approximate surface area is 148 Å². The molecule has 9 heteroatoms.